The van der Waals surface area contributed by atoms with E-state index in [1.165, 1.54) is 0 Å². The van der Waals surface area contributed by atoms with Crippen molar-refractivity contribution < 1.29 is 14.1 Å². The summed E-state index contributed by atoms with van der Waals surface area (Å²) in [4.78, 5) is 27.6. The Kier molecular flexibility index (Phi) is 6.68. The number of nitrogens with one attached hydrogen (secondary N) is 3. The van der Waals surface area contributed by atoms with Gasteiger partial charge in [-0.15, -0.1) is 0 Å². The van der Waals surface area contributed by atoms with Gasteiger partial charge in [0.15, 0.2) is 5.82 Å². The largest absolute Gasteiger partial charge is 0.471 e. The number of aryl methyl sites for hydroxylation is 4. The quantitative estimate of drug-likeness (QED) is 0.265. The maximum atomic E-state index is 13.0. The molecule has 0 radical (unpaired) electrons. The minimum absolute atomic E-state index is 0.0242. The van der Waals surface area contributed by atoms with Crippen LogP contribution in [0.4, 0.5) is 17.5 Å². The van der Waals surface area contributed by atoms with Crippen molar-refractivity contribution in [3.05, 3.63) is 59.7 Å². The minimum Gasteiger partial charge on any atom is -0.471 e. The van der Waals surface area contributed by atoms with Crippen LogP contribution in [0.15, 0.2) is 47.2 Å². The lowest BCUT2D eigenvalue weighted by Crippen LogP contribution is -2.33. The summed E-state index contributed by atoms with van der Waals surface area (Å²) in [7, 11) is 1.89. The van der Waals surface area contributed by atoms with Crippen molar-refractivity contribution in [3.8, 4) is 17.1 Å². The lowest BCUT2D eigenvalue weighted by atomic mass is 10.1. The highest BCUT2D eigenvalue weighted by Gasteiger charge is 2.26. The van der Waals surface area contributed by atoms with Crippen LogP contribution in [0.1, 0.15) is 23.4 Å². The average molecular weight is 542 g/mol. The molecule has 0 unspecified atom stereocenters. The molecule has 1 fully saturated rings. The fourth-order valence-corrected chi connectivity index (χ4v) is 4.97. The SMILES string of the molecule is Cc1cc(O[C@H]2CCN(CC(=O)Nc3cccc4c(-c5nc(Nc6cc(C)n(C)n6)ncc5C)c[nH]c34)C2)no1. The highest BCUT2D eigenvalue weighted by Crippen LogP contribution is 2.33. The van der Waals surface area contributed by atoms with Crippen LogP contribution in [0.3, 0.4) is 0 Å². The molecular formula is C28H31N9O3. The zero-order valence-corrected chi connectivity index (χ0v) is 22.9. The Labute approximate surface area is 230 Å². The van der Waals surface area contributed by atoms with Crippen LogP contribution in [-0.2, 0) is 11.8 Å². The first-order valence-electron chi connectivity index (χ1n) is 13.2. The monoisotopic (exact) mass is 541 g/mol. The predicted molar refractivity (Wildman–Crippen MR) is 151 cm³/mol. The number of hydrogen-bond acceptors (Lipinski definition) is 9. The molecule has 5 aromatic rings. The molecule has 1 atom stereocenters. The van der Waals surface area contributed by atoms with E-state index < -0.39 is 0 Å². The fourth-order valence-electron chi connectivity index (χ4n) is 4.97. The Morgan fingerprint density at radius 3 is 2.90 bits per heavy atom. The van der Waals surface area contributed by atoms with Gasteiger partial charge in [-0.25, -0.2) is 9.97 Å². The van der Waals surface area contributed by atoms with E-state index in [-0.39, 0.29) is 18.6 Å². The number of nitrogens with zero attached hydrogens (tertiary/aromatic N) is 6. The number of aromatic amines is 1. The maximum absolute atomic E-state index is 13.0. The number of likely N-dealkylation sites (tertiary alicyclic amines) is 1. The van der Waals surface area contributed by atoms with Crippen molar-refractivity contribution in [2.24, 2.45) is 7.05 Å². The Morgan fingerprint density at radius 1 is 1.25 bits per heavy atom. The molecule has 40 heavy (non-hydrogen) atoms. The van der Waals surface area contributed by atoms with Gasteiger partial charge in [0.1, 0.15) is 11.9 Å². The van der Waals surface area contributed by atoms with E-state index in [2.05, 4.69) is 35.8 Å². The van der Waals surface area contributed by atoms with E-state index in [4.69, 9.17) is 14.2 Å². The van der Waals surface area contributed by atoms with Gasteiger partial charge in [0.2, 0.25) is 11.9 Å². The number of fused-ring (bicyclic) bond motifs is 1. The number of amides is 1. The van der Waals surface area contributed by atoms with E-state index in [1.807, 2.05) is 58.3 Å². The molecular weight excluding hydrogens is 510 g/mol. The summed E-state index contributed by atoms with van der Waals surface area (Å²) < 4.78 is 12.7. The molecule has 1 aliphatic rings. The second-order valence-electron chi connectivity index (χ2n) is 10.2. The lowest BCUT2D eigenvalue weighted by molar-refractivity contribution is -0.117. The Bertz CT molecular complexity index is 1670. The van der Waals surface area contributed by atoms with E-state index in [0.29, 0.717) is 35.6 Å². The van der Waals surface area contributed by atoms with Gasteiger partial charge in [0.25, 0.3) is 5.88 Å². The summed E-state index contributed by atoms with van der Waals surface area (Å²) >= 11 is 0. The molecule has 4 aromatic heterocycles. The third-order valence-electron chi connectivity index (χ3n) is 7.06. The number of rotatable bonds is 8. The number of anilines is 3. The molecule has 12 heteroatoms. The van der Waals surface area contributed by atoms with Crippen molar-refractivity contribution in [2.45, 2.75) is 33.3 Å². The molecule has 1 saturated heterocycles. The summed E-state index contributed by atoms with van der Waals surface area (Å²) in [6.45, 7) is 7.48. The van der Waals surface area contributed by atoms with Crippen LogP contribution in [0.25, 0.3) is 22.2 Å². The van der Waals surface area contributed by atoms with Crippen molar-refractivity contribution in [1.29, 1.82) is 0 Å². The molecule has 3 N–H and O–H groups in total. The number of aromatic nitrogens is 6. The summed E-state index contributed by atoms with van der Waals surface area (Å²) in [6.07, 6.45) is 4.51. The second kappa shape index (κ2) is 10.5. The summed E-state index contributed by atoms with van der Waals surface area (Å²) in [5.41, 5.74) is 5.24. The second-order valence-corrected chi connectivity index (χ2v) is 10.2. The number of benzene rings is 1. The fraction of sp³-hybridized carbons (Fsp3) is 0.321. The van der Waals surface area contributed by atoms with Crippen molar-refractivity contribution >= 4 is 34.3 Å². The number of hydrogen-bond donors (Lipinski definition) is 3. The molecule has 0 aliphatic carbocycles. The lowest BCUT2D eigenvalue weighted by Gasteiger charge is -2.16. The summed E-state index contributed by atoms with van der Waals surface area (Å²) in [6, 6.07) is 9.55. The highest BCUT2D eigenvalue weighted by molar-refractivity contribution is 6.06. The number of H-pyrrole nitrogens is 1. The predicted octanol–water partition coefficient (Wildman–Crippen LogP) is 4.11. The number of carbonyl (C=O) groups excluding carboxylic acids is 1. The standard InChI is InChI=1S/C28H31N9O3/c1-16-12-30-28(32-23-10-17(2)36(4)34-23)33-26(16)21-13-29-27-20(21)6-5-7-22(27)31-24(38)15-37-9-8-19(14-37)39-25-11-18(3)40-35-25/h5-7,10-13,19,29H,8-9,14-15H2,1-4H3,(H,31,38)(H,30,32,33,34)/t19-/m0/s1. The van der Waals surface area contributed by atoms with Crippen LogP contribution in [0, 0.1) is 20.8 Å². The molecule has 206 valence electrons. The number of para-hydroxylation sites is 1. The Balaban J connectivity index is 1.15. The normalized spacial score (nSPS) is 15.6. The smallest absolute Gasteiger partial charge is 0.254 e. The van der Waals surface area contributed by atoms with E-state index in [9.17, 15) is 4.79 Å². The van der Waals surface area contributed by atoms with Crippen LogP contribution in [0.2, 0.25) is 0 Å². The zero-order valence-electron chi connectivity index (χ0n) is 22.9. The van der Waals surface area contributed by atoms with Crippen LogP contribution in [-0.4, -0.2) is 66.4 Å². The van der Waals surface area contributed by atoms with Gasteiger partial charge < -0.3 is 24.9 Å². The molecule has 1 amide bonds. The van der Waals surface area contributed by atoms with Gasteiger partial charge in [-0.2, -0.15) is 5.10 Å². The molecule has 0 spiro atoms. The summed E-state index contributed by atoms with van der Waals surface area (Å²) in [5, 5.41) is 15.5. The van der Waals surface area contributed by atoms with Crippen LogP contribution in [0.5, 0.6) is 5.88 Å². The van der Waals surface area contributed by atoms with E-state index in [1.54, 1.807) is 16.9 Å². The van der Waals surface area contributed by atoms with Gasteiger partial charge in [0, 0.05) is 61.3 Å². The Morgan fingerprint density at radius 2 is 2.12 bits per heavy atom. The molecule has 0 bridgehead atoms. The van der Waals surface area contributed by atoms with Crippen LogP contribution < -0.4 is 15.4 Å². The molecule has 1 aliphatic heterocycles. The van der Waals surface area contributed by atoms with E-state index >= 15 is 0 Å². The van der Waals surface area contributed by atoms with Gasteiger partial charge >= 0.3 is 0 Å². The Hall–Kier alpha value is -4.71. The van der Waals surface area contributed by atoms with Gasteiger partial charge in [-0.05, 0) is 44.0 Å². The van der Waals surface area contributed by atoms with Crippen molar-refractivity contribution in [1.82, 2.24) is 34.8 Å². The molecule has 0 saturated carbocycles. The van der Waals surface area contributed by atoms with Gasteiger partial charge in [0.05, 0.1) is 23.4 Å². The maximum Gasteiger partial charge on any atom is 0.254 e. The first-order valence-corrected chi connectivity index (χ1v) is 13.2. The van der Waals surface area contributed by atoms with Crippen molar-refractivity contribution in [3.63, 3.8) is 0 Å². The van der Waals surface area contributed by atoms with Gasteiger partial charge in [-0.1, -0.05) is 12.1 Å². The van der Waals surface area contributed by atoms with Gasteiger partial charge in [-0.3, -0.25) is 14.4 Å². The topological polar surface area (TPSA) is 139 Å². The molecule has 5 heterocycles. The molecule has 6 rings (SSSR count). The zero-order chi connectivity index (χ0) is 27.8. The van der Waals surface area contributed by atoms with Crippen LogP contribution >= 0.6 is 0 Å². The average Bonchev–Trinajstić information content (AvgIpc) is 3.70. The number of carbonyl (C=O) groups is 1. The third kappa shape index (κ3) is 5.25. The minimum atomic E-state index is -0.0862. The van der Waals surface area contributed by atoms with Crippen molar-refractivity contribution in [2.75, 3.05) is 30.3 Å². The van der Waals surface area contributed by atoms with E-state index in [0.717, 1.165) is 46.4 Å². The molecule has 12 nitrogen and oxygen atoms in total. The first kappa shape index (κ1) is 25.6. The molecule has 1 aromatic carbocycles. The highest BCUT2D eigenvalue weighted by atomic mass is 16.5. The first-order chi connectivity index (χ1) is 19.3. The summed E-state index contributed by atoms with van der Waals surface area (Å²) in [5.74, 6) is 2.25. The third-order valence-corrected chi connectivity index (χ3v) is 7.06. The number of ether oxygens (including phenoxy) is 1.